The molecule has 0 aromatic rings. The van der Waals surface area contributed by atoms with Gasteiger partial charge in [-0.2, -0.15) is 0 Å². The van der Waals surface area contributed by atoms with Crippen molar-refractivity contribution in [2.75, 3.05) is 0 Å². The van der Waals surface area contributed by atoms with E-state index in [1.165, 1.54) is 83.5 Å². The molecule has 200 valence electrons. The summed E-state index contributed by atoms with van der Waals surface area (Å²) < 4.78 is 6.01. The third-order valence-corrected chi connectivity index (χ3v) is 7.58. The highest BCUT2D eigenvalue weighted by Crippen LogP contribution is 2.31. The van der Waals surface area contributed by atoms with Gasteiger partial charge in [-0.25, -0.2) is 0 Å². The normalized spacial score (nSPS) is 19.3. The average Bonchev–Trinajstić information content (AvgIpc) is 2.82. The molecular weight excluding hydrogens is 424 g/mol. The number of carbonyl (C=O) groups excluding carboxylic acids is 1. The Morgan fingerprint density at radius 3 is 1.71 bits per heavy atom. The fourth-order valence-corrected chi connectivity index (χ4v) is 5.29. The van der Waals surface area contributed by atoms with Crippen LogP contribution in [-0.2, 0) is 14.3 Å². The lowest BCUT2D eigenvalue weighted by Gasteiger charge is -2.27. The Kier molecular flexibility index (Phi) is 18.4. The standard InChI is InChI=1S/C30H56O4/c1-4-5-6-7-8-9-10-11-12-16-22-28(23-17-14-13-15-19-25(2)3)34-30(33)27-21-18-20-26(24-27)29(31)32/h25-28H,4-24H2,1-3H3,(H,31,32). The molecule has 0 aliphatic heterocycles. The third kappa shape index (κ3) is 15.8. The predicted octanol–water partition coefficient (Wildman–Crippen LogP) is 9.10. The Morgan fingerprint density at radius 2 is 1.21 bits per heavy atom. The van der Waals surface area contributed by atoms with Crippen LogP contribution < -0.4 is 0 Å². The van der Waals surface area contributed by atoms with Gasteiger partial charge in [0.05, 0.1) is 11.8 Å². The van der Waals surface area contributed by atoms with Gasteiger partial charge >= 0.3 is 11.9 Å². The van der Waals surface area contributed by atoms with Crippen molar-refractivity contribution >= 4 is 11.9 Å². The van der Waals surface area contributed by atoms with Crippen LogP contribution in [0.25, 0.3) is 0 Å². The molecule has 1 N–H and O–H groups in total. The minimum atomic E-state index is -0.763. The zero-order valence-electron chi connectivity index (χ0n) is 22.8. The first-order valence-electron chi connectivity index (χ1n) is 14.9. The van der Waals surface area contributed by atoms with E-state index in [0.29, 0.717) is 12.8 Å². The average molecular weight is 481 g/mol. The molecule has 4 nitrogen and oxygen atoms in total. The Balaban J connectivity index is 2.34. The number of ether oxygens (including phenoxy) is 1. The number of unbranched alkanes of at least 4 members (excludes halogenated alkanes) is 12. The first kappa shape index (κ1) is 31.0. The van der Waals surface area contributed by atoms with Crippen LogP contribution in [0.4, 0.5) is 0 Å². The lowest BCUT2D eigenvalue weighted by atomic mass is 9.81. The van der Waals surface area contributed by atoms with Crippen LogP contribution in [0.15, 0.2) is 0 Å². The highest BCUT2D eigenvalue weighted by molar-refractivity contribution is 5.75. The van der Waals surface area contributed by atoms with Crippen molar-refractivity contribution in [3.8, 4) is 0 Å². The van der Waals surface area contributed by atoms with E-state index in [2.05, 4.69) is 20.8 Å². The second-order valence-corrected chi connectivity index (χ2v) is 11.3. The van der Waals surface area contributed by atoms with Crippen LogP contribution in [0.1, 0.15) is 156 Å². The summed E-state index contributed by atoms with van der Waals surface area (Å²) in [4.78, 5) is 24.2. The maximum atomic E-state index is 12.9. The minimum Gasteiger partial charge on any atom is -0.481 e. The summed E-state index contributed by atoms with van der Waals surface area (Å²) in [7, 11) is 0. The summed E-state index contributed by atoms with van der Waals surface area (Å²) in [6.45, 7) is 6.82. The zero-order valence-corrected chi connectivity index (χ0v) is 22.8. The molecule has 1 fully saturated rings. The van der Waals surface area contributed by atoms with Gasteiger partial charge in [0, 0.05) is 0 Å². The maximum Gasteiger partial charge on any atom is 0.309 e. The Labute approximate surface area is 211 Å². The molecule has 3 atom stereocenters. The number of esters is 1. The quantitative estimate of drug-likeness (QED) is 0.131. The molecule has 34 heavy (non-hydrogen) atoms. The minimum absolute atomic E-state index is 0.0110. The van der Waals surface area contributed by atoms with Gasteiger partial charge in [0.25, 0.3) is 0 Å². The first-order chi connectivity index (χ1) is 16.4. The van der Waals surface area contributed by atoms with Crippen LogP contribution >= 0.6 is 0 Å². The molecule has 0 spiro atoms. The highest BCUT2D eigenvalue weighted by atomic mass is 16.5. The Bertz CT molecular complexity index is 516. The van der Waals surface area contributed by atoms with E-state index in [0.717, 1.165) is 44.4 Å². The van der Waals surface area contributed by atoms with Crippen molar-refractivity contribution in [2.24, 2.45) is 17.8 Å². The van der Waals surface area contributed by atoms with Gasteiger partial charge in [-0.15, -0.1) is 0 Å². The van der Waals surface area contributed by atoms with Crippen LogP contribution in [0.3, 0.4) is 0 Å². The predicted molar refractivity (Wildman–Crippen MR) is 142 cm³/mol. The maximum absolute atomic E-state index is 12.9. The number of carbonyl (C=O) groups is 2. The molecule has 0 amide bonds. The summed E-state index contributed by atoms with van der Waals surface area (Å²) in [5.74, 6) is -0.734. The number of hydrogen-bond acceptors (Lipinski definition) is 3. The number of rotatable bonds is 21. The molecule has 4 heteroatoms. The van der Waals surface area contributed by atoms with Crippen molar-refractivity contribution in [1.82, 2.24) is 0 Å². The van der Waals surface area contributed by atoms with Gasteiger partial charge in [-0.05, 0) is 50.9 Å². The second kappa shape index (κ2) is 20.2. The van der Waals surface area contributed by atoms with Crippen molar-refractivity contribution < 1.29 is 19.4 Å². The SMILES string of the molecule is CCCCCCCCCCCCC(CCCCCCC(C)C)OC(=O)C1CCCC(C(=O)O)C1. The number of aliphatic carboxylic acids is 1. The highest BCUT2D eigenvalue weighted by Gasteiger charge is 2.32. The van der Waals surface area contributed by atoms with E-state index in [9.17, 15) is 14.7 Å². The zero-order chi connectivity index (χ0) is 25.0. The van der Waals surface area contributed by atoms with E-state index < -0.39 is 5.97 Å². The third-order valence-electron chi connectivity index (χ3n) is 7.58. The summed E-state index contributed by atoms with van der Waals surface area (Å²) in [5.41, 5.74) is 0. The fraction of sp³-hybridized carbons (Fsp3) is 0.933. The van der Waals surface area contributed by atoms with Gasteiger partial charge in [0.15, 0.2) is 0 Å². The molecule has 0 aromatic heterocycles. The van der Waals surface area contributed by atoms with E-state index in [1.807, 2.05) is 0 Å². The molecule has 0 aromatic carbocycles. The van der Waals surface area contributed by atoms with E-state index >= 15 is 0 Å². The molecule has 1 rings (SSSR count). The monoisotopic (exact) mass is 480 g/mol. The fourth-order valence-electron chi connectivity index (χ4n) is 5.29. The van der Waals surface area contributed by atoms with Gasteiger partial charge in [0.2, 0.25) is 0 Å². The largest absolute Gasteiger partial charge is 0.481 e. The van der Waals surface area contributed by atoms with Crippen LogP contribution in [0.5, 0.6) is 0 Å². The summed E-state index contributed by atoms with van der Waals surface area (Å²) in [6, 6.07) is 0. The number of carboxylic acids is 1. The van der Waals surface area contributed by atoms with E-state index in [1.54, 1.807) is 0 Å². The van der Waals surface area contributed by atoms with Gasteiger partial charge in [-0.1, -0.05) is 111 Å². The lowest BCUT2D eigenvalue weighted by molar-refractivity contribution is -0.158. The Morgan fingerprint density at radius 1 is 0.735 bits per heavy atom. The molecule has 1 aliphatic carbocycles. The molecular formula is C30H56O4. The topological polar surface area (TPSA) is 63.6 Å². The van der Waals surface area contributed by atoms with Crippen LogP contribution in [-0.4, -0.2) is 23.1 Å². The molecule has 1 saturated carbocycles. The van der Waals surface area contributed by atoms with Crippen LogP contribution in [0, 0.1) is 17.8 Å². The lowest BCUT2D eigenvalue weighted by Crippen LogP contribution is -2.31. The van der Waals surface area contributed by atoms with Gasteiger partial charge < -0.3 is 9.84 Å². The van der Waals surface area contributed by atoms with Crippen molar-refractivity contribution in [2.45, 2.75) is 162 Å². The number of hydrogen-bond donors (Lipinski definition) is 1. The Hall–Kier alpha value is -1.06. The van der Waals surface area contributed by atoms with Crippen molar-refractivity contribution in [1.29, 1.82) is 0 Å². The molecule has 0 saturated heterocycles. The van der Waals surface area contributed by atoms with E-state index in [4.69, 9.17) is 4.74 Å². The van der Waals surface area contributed by atoms with Crippen molar-refractivity contribution in [3.05, 3.63) is 0 Å². The summed E-state index contributed by atoms with van der Waals surface area (Å²) >= 11 is 0. The molecule has 0 heterocycles. The molecule has 1 aliphatic rings. The van der Waals surface area contributed by atoms with Crippen molar-refractivity contribution in [3.63, 3.8) is 0 Å². The molecule has 0 bridgehead atoms. The van der Waals surface area contributed by atoms with E-state index in [-0.39, 0.29) is 23.9 Å². The first-order valence-corrected chi connectivity index (χ1v) is 14.9. The number of carboxylic acid groups (broad SMARTS) is 1. The van der Waals surface area contributed by atoms with Gasteiger partial charge in [-0.3, -0.25) is 9.59 Å². The molecule has 3 unspecified atom stereocenters. The summed E-state index contributed by atoms with van der Waals surface area (Å²) in [5, 5.41) is 9.35. The van der Waals surface area contributed by atoms with Crippen LogP contribution in [0.2, 0.25) is 0 Å². The summed E-state index contributed by atoms with van der Waals surface area (Å²) in [6.07, 6.45) is 24.0. The van der Waals surface area contributed by atoms with Gasteiger partial charge in [0.1, 0.15) is 6.10 Å². The second-order valence-electron chi connectivity index (χ2n) is 11.3. The smallest absolute Gasteiger partial charge is 0.309 e. The molecule has 0 radical (unpaired) electrons.